The second kappa shape index (κ2) is 5.64. The van der Waals surface area contributed by atoms with Crippen LogP contribution in [0.3, 0.4) is 0 Å². The molecule has 0 amide bonds. The number of aryl methyl sites for hydroxylation is 1. The van der Waals surface area contributed by atoms with E-state index in [0.717, 1.165) is 6.42 Å². The molecule has 0 fully saturated rings. The molecule has 5 nitrogen and oxygen atoms in total. The molecule has 17 heavy (non-hydrogen) atoms. The lowest BCUT2D eigenvalue weighted by molar-refractivity contribution is 0.0945. The number of anilines is 1. The Labute approximate surface area is 109 Å². The van der Waals surface area contributed by atoms with E-state index in [1.165, 1.54) is 4.68 Å². The van der Waals surface area contributed by atoms with E-state index in [9.17, 15) is 9.90 Å². The first-order valence-corrected chi connectivity index (χ1v) is 6.36. The van der Waals surface area contributed by atoms with Crippen LogP contribution in [0.5, 0.6) is 0 Å². The molecule has 0 aliphatic rings. The Balaban J connectivity index is 2.89. The number of aliphatic hydroxyl groups is 1. The maximum atomic E-state index is 11.9. The number of halogens is 1. The monoisotopic (exact) mass is 303 g/mol. The molecule has 2 N–H and O–H groups in total. The Kier molecular flexibility index (Phi) is 4.70. The minimum absolute atomic E-state index is 0.160. The van der Waals surface area contributed by atoms with Gasteiger partial charge < -0.3 is 10.4 Å². The zero-order valence-corrected chi connectivity index (χ0v) is 11.9. The average molecular weight is 304 g/mol. The normalized spacial score (nSPS) is 11.6. The lowest BCUT2D eigenvalue weighted by Crippen LogP contribution is -2.31. The maximum absolute atomic E-state index is 11.9. The molecule has 1 rings (SSSR count). The van der Waals surface area contributed by atoms with E-state index in [0.29, 0.717) is 23.2 Å². The fourth-order valence-electron chi connectivity index (χ4n) is 1.27. The first kappa shape index (κ1) is 14.2. The van der Waals surface area contributed by atoms with Gasteiger partial charge in [0.25, 0.3) is 5.56 Å². The van der Waals surface area contributed by atoms with Gasteiger partial charge >= 0.3 is 0 Å². The molecule has 0 spiro atoms. The van der Waals surface area contributed by atoms with Crippen LogP contribution in [0.25, 0.3) is 0 Å². The topological polar surface area (TPSA) is 67.2 Å². The summed E-state index contributed by atoms with van der Waals surface area (Å²) in [6.45, 7) is 6.33. The zero-order chi connectivity index (χ0) is 13.1. The summed E-state index contributed by atoms with van der Waals surface area (Å²) < 4.78 is 1.87. The van der Waals surface area contributed by atoms with Crippen LogP contribution in [0.4, 0.5) is 5.69 Å². The Hall–Kier alpha value is -0.880. The van der Waals surface area contributed by atoms with Crippen LogP contribution in [-0.4, -0.2) is 27.0 Å². The number of aromatic nitrogens is 2. The Morgan fingerprint density at radius 1 is 1.59 bits per heavy atom. The number of rotatable bonds is 5. The van der Waals surface area contributed by atoms with Gasteiger partial charge in [-0.2, -0.15) is 5.10 Å². The highest BCUT2D eigenvalue weighted by Crippen LogP contribution is 2.17. The fourth-order valence-corrected chi connectivity index (χ4v) is 1.72. The number of hydrogen-bond acceptors (Lipinski definition) is 4. The largest absolute Gasteiger partial charge is 0.389 e. The van der Waals surface area contributed by atoms with Crippen LogP contribution in [0.15, 0.2) is 15.5 Å². The molecule has 0 saturated carbocycles. The molecule has 0 aromatic carbocycles. The minimum atomic E-state index is -0.836. The molecule has 0 bridgehead atoms. The van der Waals surface area contributed by atoms with Crippen LogP contribution in [0.1, 0.15) is 27.2 Å². The highest BCUT2D eigenvalue weighted by Gasteiger charge is 2.14. The number of nitrogens with one attached hydrogen (secondary N) is 1. The third-order valence-electron chi connectivity index (χ3n) is 2.13. The predicted octanol–water partition coefficient (Wildman–Crippen LogP) is 1.60. The second-order valence-corrected chi connectivity index (χ2v) is 5.36. The lowest BCUT2D eigenvalue weighted by Gasteiger charge is -2.19. The Bertz CT molecular complexity index is 437. The van der Waals surface area contributed by atoms with Crippen molar-refractivity contribution in [1.29, 1.82) is 0 Å². The van der Waals surface area contributed by atoms with Gasteiger partial charge in [-0.05, 0) is 36.2 Å². The molecule has 0 aliphatic heterocycles. The molecule has 1 aromatic heterocycles. The number of hydrogen-bond donors (Lipinski definition) is 2. The molecule has 0 unspecified atom stereocenters. The first-order chi connectivity index (χ1) is 7.85. The van der Waals surface area contributed by atoms with E-state index in [2.05, 4.69) is 26.3 Å². The standard InChI is InChI=1S/C11H18BrN3O2/c1-4-5-15-10(16)9(12)8(6-14-15)13-7-11(2,3)17/h6,13,17H,4-5,7H2,1-3H3. The molecule has 0 aliphatic carbocycles. The molecule has 1 aromatic rings. The highest BCUT2D eigenvalue weighted by molar-refractivity contribution is 9.10. The van der Waals surface area contributed by atoms with E-state index >= 15 is 0 Å². The van der Waals surface area contributed by atoms with Gasteiger partial charge in [-0.15, -0.1) is 0 Å². The fraction of sp³-hybridized carbons (Fsp3) is 0.636. The van der Waals surface area contributed by atoms with E-state index in [4.69, 9.17) is 0 Å². The lowest BCUT2D eigenvalue weighted by atomic mass is 10.1. The van der Waals surface area contributed by atoms with Gasteiger partial charge in [0.15, 0.2) is 0 Å². The third-order valence-corrected chi connectivity index (χ3v) is 2.90. The molecular formula is C11H18BrN3O2. The summed E-state index contributed by atoms with van der Waals surface area (Å²) in [5, 5.41) is 16.6. The SMILES string of the molecule is CCCn1ncc(NCC(C)(C)O)c(Br)c1=O. The van der Waals surface area contributed by atoms with Crippen molar-refractivity contribution in [2.24, 2.45) is 0 Å². The quantitative estimate of drug-likeness (QED) is 0.867. The van der Waals surface area contributed by atoms with Gasteiger partial charge in [-0.1, -0.05) is 6.92 Å². The van der Waals surface area contributed by atoms with Crippen LogP contribution >= 0.6 is 15.9 Å². The summed E-state index contributed by atoms with van der Waals surface area (Å²) >= 11 is 3.25. The molecule has 0 saturated heterocycles. The third kappa shape index (κ3) is 4.12. The Morgan fingerprint density at radius 3 is 2.76 bits per heavy atom. The summed E-state index contributed by atoms with van der Waals surface area (Å²) in [6.07, 6.45) is 2.45. The highest BCUT2D eigenvalue weighted by atomic mass is 79.9. The molecule has 0 radical (unpaired) electrons. The molecule has 96 valence electrons. The summed E-state index contributed by atoms with van der Waals surface area (Å²) in [7, 11) is 0. The molecule has 0 atom stereocenters. The summed E-state index contributed by atoms with van der Waals surface area (Å²) in [5.74, 6) is 0. The van der Waals surface area contributed by atoms with Gasteiger partial charge in [0, 0.05) is 13.1 Å². The van der Waals surface area contributed by atoms with E-state index in [1.54, 1.807) is 20.0 Å². The van der Waals surface area contributed by atoms with Crippen molar-refractivity contribution in [3.05, 3.63) is 21.0 Å². The van der Waals surface area contributed by atoms with Crippen molar-refractivity contribution in [3.8, 4) is 0 Å². The smallest absolute Gasteiger partial charge is 0.283 e. The van der Waals surface area contributed by atoms with Gasteiger partial charge in [0.2, 0.25) is 0 Å². The Morgan fingerprint density at radius 2 is 2.24 bits per heavy atom. The molecule has 1 heterocycles. The van der Waals surface area contributed by atoms with Crippen LogP contribution < -0.4 is 10.9 Å². The van der Waals surface area contributed by atoms with E-state index < -0.39 is 5.60 Å². The summed E-state index contributed by atoms with van der Waals surface area (Å²) in [5.41, 5.74) is -0.394. The van der Waals surface area contributed by atoms with Crippen molar-refractivity contribution in [2.45, 2.75) is 39.3 Å². The maximum Gasteiger partial charge on any atom is 0.283 e. The van der Waals surface area contributed by atoms with Crippen LogP contribution in [0, 0.1) is 0 Å². The number of nitrogens with zero attached hydrogens (tertiary/aromatic N) is 2. The van der Waals surface area contributed by atoms with Gasteiger partial charge in [0.1, 0.15) is 4.47 Å². The molecular weight excluding hydrogens is 286 g/mol. The van der Waals surface area contributed by atoms with E-state index in [1.807, 2.05) is 6.92 Å². The average Bonchev–Trinajstić information content (AvgIpc) is 2.23. The van der Waals surface area contributed by atoms with Crippen molar-refractivity contribution in [2.75, 3.05) is 11.9 Å². The van der Waals surface area contributed by atoms with E-state index in [-0.39, 0.29) is 5.56 Å². The predicted molar refractivity (Wildman–Crippen MR) is 71.3 cm³/mol. The summed E-state index contributed by atoms with van der Waals surface area (Å²) in [6, 6.07) is 0. The van der Waals surface area contributed by atoms with Crippen molar-refractivity contribution < 1.29 is 5.11 Å². The van der Waals surface area contributed by atoms with Gasteiger partial charge in [0.05, 0.1) is 17.5 Å². The molecule has 6 heteroatoms. The van der Waals surface area contributed by atoms with Gasteiger partial charge in [-0.3, -0.25) is 4.79 Å². The minimum Gasteiger partial charge on any atom is -0.389 e. The van der Waals surface area contributed by atoms with Crippen molar-refractivity contribution in [3.63, 3.8) is 0 Å². The van der Waals surface area contributed by atoms with Crippen LogP contribution in [0.2, 0.25) is 0 Å². The second-order valence-electron chi connectivity index (χ2n) is 4.57. The van der Waals surface area contributed by atoms with Crippen molar-refractivity contribution in [1.82, 2.24) is 9.78 Å². The van der Waals surface area contributed by atoms with Crippen molar-refractivity contribution >= 4 is 21.6 Å². The van der Waals surface area contributed by atoms with Gasteiger partial charge in [-0.25, -0.2) is 4.68 Å². The first-order valence-electron chi connectivity index (χ1n) is 5.57. The zero-order valence-electron chi connectivity index (χ0n) is 10.3. The van der Waals surface area contributed by atoms with Crippen LogP contribution in [-0.2, 0) is 6.54 Å². The summed E-state index contributed by atoms with van der Waals surface area (Å²) in [4.78, 5) is 11.9.